The highest BCUT2D eigenvalue weighted by Gasteiger charge is 2.21. The molecule has 1 amide bonds. The van der Waals surface area contributed by atoms with Crippen LogP contribution in [0.3, 0.4) is 0 Å². The van der Waals surface area contributed by atoms with Crippen LogP contribution in [0.25, 0.3) is 16.8 Å². The number of fused-ring (bicyclic) bond motifs is 1. The van der Waals surface area contributed by atoms with Gasteiger partial charge in [0.05, 0.1) is 18.2 Å². The number of amides is 1. The number of carbonyl (C=O) groups is 1. The lowest BCUT2D eigenvalue weighted by atomic mass is 10.1. The van der Waals surface area contributed by atoms with Gasteiger partial charge in [0.2, 0.25) is 0 Å². The van der Waals surface area contributed by atoms with Crippen LogP contribution in [0.15, 0.2) is 42.7 Å². The molecule has 1 aromatic carbocycles. The molecule has 4 rings (SSSR count). The van der Waals surface area contributed by atoms with Gasteiger partial charge >= 0.3 is 0 Å². The molecule has 0 radical (unpaired) electrons. The third kappa shape index (κ3) is 3.10. The molecule has 25 heavy (non-hydrogen) atoms. The zero-order valence-corrected chi connectivity index (χ0v) is 14.0. The van der Waals surface area contributed by atoms with Crippen LogP contribution >= 0.6 is 11.6 Å². The number of hydrogen-bond acceptors (Lipinski definition) is 3. The molecular weight excluding hydrogens is 345 g/mol. The Morgan fingerprint density at radius 2 is 1.88 bits per heavy atom. The van der Waals surface area contributed by atoms with E-state index in [2.05, 4.69) is 4.98 Å². The summed E-state index contributed by atoms with van der Waals surface area (Å²) in [5, 5.41) is 0.0754. The SMILES string of the molecule is O=C(c1cn2cc(-c3ccc(F)c(Cl)c3)ccc2n1)N1CCOCC1. The lowest BCUT2D eigenvalue weighted by molar-refractivity contribution is 0.0299. The fourth-order valence-electron chi connectivity index (χ4n) is 2.87. The minimum absolute atomic E-state index is 0.0754. The lowest BCUT2D eigenvalue weighted by Gasteiger charge is -2.25. The van der Waals surface area contributed by atoms with Gasteiger partial charge in [-0.1, -0.05) is 17.7 Å². The highest BCUT2D eigenvalue weighted by Crippen LogP contribution is 2.25. The summed E-state index contributed by atoms with van der Waals surface area (Å²) in [5.74, 6) is -0.550. The standard InChI is InChI=1S/C18H15ClFN3O2/c19-14-9-12(1-3-15(14)20)13-2-4-17-21-16(11-23(17)10-13)18(24)22-5-7-25-8-6-22/h1-4,9-11H,5-8H2. The fraction of sp³-hybridized carbons (Fsp3) is 0.222. The van der Waals surface area contributed by atoms with Gasteiger partial charge in [-0.25, -0.2) is 9.37 Å². The molecule has 0 spiro atoms. The highest BCUT2D eigenvalue weighted by atomic mass is 35.5. The van der Waals surface area contributed by atoms with Gasteiger partial charge in [0.15, 0.2) is 0 Å². The van der Waals surface area contributed by atoms with E-state index in [4.69, 9.17) is 16.3 Å². The summed E-state index contributed by atoms with van der Waals surface area (Å²) >= 11 is 5.86. The monoisotopic (exact) mass is 359 g/mol. The Labute approximate surface area is 148 Å². The first-order valence-electron chi connectivity index (χ1n) is 7.93. The van der Waals surface area contributed by atoms with Crippen LogP contribution in [-0.2, 0) is 4.74 Å². The number of morpholine rings is 1. The van der Waals surface area contributed by atoms with Gasteiger partial charge in [-0.3, -0.25) is 4.79 Å². The number of carbonyl (C=O) groups excluding carboxylic acids is 1. The summed E-state index contributed by atoms with van der Waals surface area (Å²) in [6.45, 7) is 2.25. The van der Waals surface area contributed by atoms with E-state index in [1.54, 1.807) is 27.6 Å². The van der Waals surface area contributed by atoms with E-state index in [0.29, 0.717) is 37.6 Å². The largest absolute Gasteiger partial charge is 0.378 e. The van der Waals surface area contributed by atoms with Crippen molar-refractivity contribution in [2.75, 3.05) is 26.3 Å². The first-order valence-corrected chi connectivity index (χ1v) is 8.31. The van der Waals surface area contributed by atoms with Crippen molar-refractivity contribution in [1.82, 2.24) is 14.3 Å². The second-order valence-electron chi connectivity index (χ2n) is 5.84. The van der Waals surface area contributed by atoms with E-state index >= 15 is 0 Å². The molecule has 1 aliphatic heterocycles. The molecular formula is C18H15ClFN3O2. The summed E-state index contributed by atoms with van der Waals surface area (Å²) in [6.07, 6.45) is 3.56. The molecule has 1 aliphatic rings. The van der Waals surface area contributed by atoms with Gasteiger partial charge in [-0.2, -0.15) is 0 Å². The summed E-state index contributed by atoms with van der Waals surface area (Å²) in [4.78, 5) is 18.7. The van der Waals surface area contributed by atoms with Crippen molar-refractivity contribution in [2.24, 2.45) is 0 Å². The number of nitrogens with zero attached hydrogens (tertiary/aromatic N) is 3. The van der Waals surface area contributed by atoms with Gasteiger partial charge in [-0.15, -0.1) is 0 Å². The van der Waals surface area contributed by atoms with Crippen molar-refractivity contribution in [3.05, 3.63) is 59.3 Å². The number of hydrogen-bond donors (Lipinski definition) is 0. The molecule has 2 aromatic heterocycles. The molecule has 0 bridgehead atoms. The van der Waals surface area contributed by atoms with E-state index in [-0.39, 0.29) is 10.9 Å². The molecule has 0 unspecified atom stereocenters. The molecule has 7 heteroatoms. The van der Waals surface area contributed by atoms with Crippen LogP contribution in [0.2, 0.25) is 5.02 Å². The Hall–Kier alpha value is -2.44. The summed E-state index contributed by atoms with van der Waals surface area (Å²) in [6, 6.07) is 8.27. The number of imidazole rings is 1. The van der Waals surface area contributed by atoms with Crippen LogP contribution in [0, 0.1) is 5.82 Å². The number of halogens is 2. The molecule has 5 nitrogen and oxygen atoms in total. The van der Waals surface area contributed by atoms with E-state index in [1.165, 1.54) is 6.07 Å². The first kappa shape index (κ1) is 16.1. The van der Waals surface area contributed by atoms with E-state index in [9.17, 15) is 9.18 Å². The summed E-state index contributed by atoms with van der Waals surface area (Å²) < 4.78 is 20.4. The Balaban J connectivity index is 1.67. The topological polar surface area (TPSA) is 46.8 Å². The minimum Gasteiger partial charge on any atom is -0.378 e. The molecule has 128 valence electrons. The highest BCUT2D eigenvalue weighted by molar-refractivity contribution is 6.31. The smallest absolute Gasteiger partial charge is 0.274 e. The molecule has 1 fully saturated rings. The zero-order valence-electron chi connectivity index (χ0n) is 13.3. The van der Waals surface area contributed by atoms with Crippen molar-refractivity contribution in [3.63, 3.8) is 0 Å². The lowest BCUT2D eigenvalue weighted by Crippen LogP contribution is -2.40. The van der Waals surface area contributed by atoms with Gasteiger partial charge in [-0.05, 0) is 35.4 Å². The molecule has 3 aromatic rings. The van der Waals surface area contributed by atoms with E-state index in [0.717, 1.165) is 11.1 Å². The maximum atomic E-state index is 13.3. The number of aromatic nitrogens is 2. The van der Waals surface area contributed by atoms with Gasteiger partial charge in [0.25, 0.3) is 5.91 Å². The van der Waals surface area contributed by atoms with Crippen LogP contribution in [0.4, 0.5) is 4.39 Å². The summed E-state index contributed by atoms with van der Waals surface area (Å²) in [7, 11) is 0. The van der Waals surface area contributed by atoms with Crippen molar-refractivity contribution < 1.29 is 13.9 Å². The van der Waals surface area contributed by atoms with Crippen molar-refractivity contribution >= 4 is 23.2 Å². The number of rotatable bonds is 2. The van der Waals surface area contributed by atoms with Crippen LogP contribution < -0.4 is 0 Å². The Morgan fingerprint density at radius 1 is 1.12 bits per heavy atom. The average molecular weight is 360 g/mol. The number of benzene rings is 1. The second-order valence-corrected chi connectivity index (χ2v) is 6.25. The molecule has 0 N–H and O–H groups in total. The van der Waals surface area contributed by atoms with Crippen LogP contribution in [-0.4, -0.2) is 46.5 Å². The molecule has 0 saturated carbocycles. The number of ether oxygens (including phenoxy) is 1. The predicted molar refractivity (Wildman–Crippen MR) is 92.3 cm³/mol. The van der Waals surface area contributed by atoms with Crippen molar-refractivity contribution in [2.45, 2.75) is 0 Å². The first-order chi connectivity index (χ1) is 12.1. The van der Waals surface area contributed by atoms with Crippen molar-refractivity contribution in [1.29, 1.82) is 0 Å². The second kappa shape index (κ2) is 6.46. The molecule has 3 heterocycles. The Kier molecular flexibility index (Phi) is 4.15. The molecule has 0 aliphatic carbocycles. The van der Waals surface area contributed by atoms with Gasteiger partial charge in [0, 0.05) is 25.5 Å². The molecule has 0 atom stereocenters. The quantitative estimate of drug-likeness (QED) is 0.705. The van der Waals surface area contributed by atoms with Crippen LogP contribution in [0.5, 0.6) is 0 Å². The maximum absolute atomic E-state index is 13.3. The predicted octanol–water partition coefficient (Wildman–Crippen LogP) is 3.27. The van der Waals surface area contributed by atoms with Crippen LogP contribution in [0.1, 0.15) is 10.5 Å². The maximum Gasteiger partial charge on any atom is 0.274 e. The summed E-state index contributed by atoms with van der Waals surface area (Å²) in [5.41, 5.74) is 2.73. The third-order valence-corrected chi connectivity index (χ3v) is 4.51. The van der Waals surface area contributed by atoms with Crippen molar-refractivity contribution in [3.8, 4) is 11.1 Å². The van der Waals surface area contributed by atoms with Gasteiger partial charge < -0.3 is 14.0 Å². The fourth-order valence-corrected chi connectivity index (χ4v) is 3.05. The van der Waals surface area contributed by atoms with E-state index < -0.39 is 5.82 Å². The van der Waals surface area contributed by atoms with E-state index in [1.807, 2.05) is 18.3 Å². The molecule has 1 saturated heterocycles. The Bertz CT molecular complexity index is 951. The normalized spacial score (nSPS) is 14.9. The zero-order chi connectivity index (χ0) is 17.4. The minimum atomic E-state index is -0.451. The Morgan fingerprint density at radius 3 is 2.64 bits per heavy atom. The number of pyridine rings is 1. The van der Waals surface area contributed by atoms with Gasteiger partial charge in [0.1, 0.15) is 17.2 Å². The third-order valence-electron chi connectivity index (χ3n) is 4.22. The average Bonchev–Trinajstić information content (AvgIpc) is 3.07.